The summed E-state index contributed by atoms with van der Waals surface area (Å²) < 4.78 is 3.94. The Morgan fingerprint density at radius 1 is 1.07 bits per heavy atom. The maximum Gasteiger partial charge on any atom is 0.0599 e. The molecule has 0 fully saturated rings. The largest absolute Gasteiger partial charge is 0.142 e. The minimum Gasteiger partial charge on any atom is -0.142 e. The van der Waals surface area contributed by atoms with E-state index in [1.807, 2.05) is 11.3 Å². The van der Waals surface area contributed by atoms with E-state index in [0.717, 1.165) is 0 Å². The van der Waals surface area contributed by atoms with E-state index in [9.17, 15) is 0 Å². The van der Waals surface area contributed by atoms with Crippen LogP contribution in [0.5, 0.6) is 0 Å². The lowest BCUT2D eigenvalue weighted by Crippen LogP contribution is -1.67. The van der Waals surface area contributed by atoms with Gasteiger partial charge in [-0.1, -0.05) is 30.3 Å². The van der Waals surface area contributed by atoms with Gasteiger partial charge in [0, 0.05) is 19.4 Å². The van der Waals surface area contributed by atoms with Crippen molar-refractivity contribution in [2.75, 3.05) is 0 Å². The fourth-order valence-electron chi connectivity index (χ4n) is 1.54. The van der Waals surface area contributed by atoms with Crippen molar-refractivity contribution in [3.8, 4) is 10.4 Å². The number of hydrogen-bond donors (Lipinski definition) is 0. The smallest absolute Gasteiger partial charge is 0.0599 e. The fourth-order valence-corrected chi connectivity index (χ4v) is 4.55. The normalized spacial score (nSPS) is 11.0. The average Bonchev–Trinajstić information content (AvgIpc) is 2.83. The number of fused-ring (bicyclic) bond motifs is 1. The first kappa shape index (κ1) is 9.58. The van der Waals surface area contributed by atoms with E-state index < -0.39 is 0 Å². The molecular formula is C12H7BrS2. The minimum atomic E-state index is 1.22. The van der Waals surface area contributed by atoms with E-state index in [1.165, 1.54) is 24.3 Å². The quantitative estimate of drug-likeness (QED) is 0.564. The summed E-state index contributed by atoms with van der Waals surface area (Å²) in [4.78, 5) is 1.35. The van der Waals surface area contributed by atoms with Crippen LogP contribution in [0.2, 0.25) is 0 Å². The van der Waals surface area contributed by atoms with E-state index in [2.05, 4.69) is 57.7 Å². The Balaban J connectivity index is 2.20. The number of rotatable bonds is 1. The first-order chi connectivity index (χ1) is 7.34. The van der Waals surface area contributed by atoms with Gasteiger partial charge in [-0.25, -0.2) is 0 Å². The zero-order valence-corrected chi connectivity index (χ0v) is 11.0. The van der Waals surface area contributed by atoms with Crippen molar-refractivity contribution in [1.82, 2.24) is 0 Å². The first-order valence-corrected chi connectivity index (χ1v) is 7.05. The molecule has 0 bridgehead atoms. The van der Waals surface area contributed by atoms with Gasteiger partial charge in [-0.3, -0.25) is 0 Å². The van der Waals surface area contributed by atoms with Crippen molar-refractivity contribution in [3.63, 3.8) is 0 Å². The minimum absolute atomic E-state index is 1.22. The van der Waals surface area contributed by atoms with E-state index in [0.29, 0.717) is 0 Å². The number of thiophene rings is 2. The van der Waals surface area contributed by atoms with Crippen LogP contribution in [0.1, 0.15) is 0 Å². The van der Waals surface area contributed by atoms with Crippen LogP contribution >= 0.6 is 38.6 Å². The second kappa shape index (κ2) is 3.74. The predicted molar refractivity (Wildman–Crippen MR) is 72.8 cm³/mol. The highest BCUT2D eigenvalue weighted by atomic mass is 79.9. The second-order valence-electron chi connectivity index (χ2n) is 3.25. The van der Waals surface area contributed by atoms with Gasteiger partial charge in [0.15, 0.2) is 0 Å². The molecule has 15 heavy (non-hydrogen) atoms. The summed E-state index contributed by atoms with van der Waals surface area (Å²) in [6.07, 6.45) is 0. The lowest BCUT2D eigenvalue weighted by Gasteiger charge is -1.93. The van der Waals surface area contributed by atoms with Gasteiger partial charge in [-0.05, 0) is 27.6 Å². The van der Waals surface area contributed by atoms with Gasteiger partial charge < -0.3 is 0 Å². The highest BCUT2D eigenvalue weighted by molar-refractivity contribution is 9.10. The summed E-state index contributed by atoms with van der Waals surface area (Å²) in [7, 11) is 0. The molecule has 0 saturated heterocycles. The Morgan fingerprint density at radius 3 is 2.60 bits per heavy atom. The van der Waals surface area contributed by atoms with Crippen LogP contribution in [0, 0.1) is 0 Å². The molecule has 0 nitrogen and oxygen atoms in total. The molecule has 0 aliphatic heterocycles. The number of halogens is 1. The summed E-state index contributed by atoms with van der Waals surface area (Å²) in [5.41, 5.74) is 1.30. The second-order valence-corrected chi connectivity index (χ2v) is 6.07. The van der Waals surface area contributed by atoms with Gasteiger partial charge in [0.25, 0.3) is 0 Å². The van der Waals surface area contributed by atoms with Crippen LogP contribution in [0.4, 0.5) is 0 Å². The molecule has 2 aromatic heterocycles. The van der Waals surface area contributed by atoms with Crippen molar-refractivity contribution >= 4 is 48.0 Å². The third kappa shape index (κ3) is 1.65. The third-order valence-electron chi connectivity index (χ3n) is 2.26. The summed E-state index contributed by atoms with van der Waals surface area (Å²) in [5.74, 6) is 0. The summed E-state index contributed by atoms with van der Waals surface area (Å²) in [5, 5.41) is 2.15. The van der Waals surface area contributed by atoms with E-state index >= 15 is 0 Å². The zero-order chi connectivity index (χ0) is 10.3. The summed E-state index contributed by atoms with van der Waals surface area (Å²) in [6.45, 7) is 0. The van der Waals surface area contributed by atoms with Crippen LogP contribution in [-0.4, -0.2) is 0 Å². The van der Waals surface area contributed by atoms with Crippen LogP contribution < -0.4 is 0 Å². The lowest BCUT2D eigenvalue weighted by molar-refractivity contribution is 1.70. The Hall–Kier alpha value is -0.640. The molecule has 0 amide bonds. The monoisotopic (exact) mass is 294 g/mol. The molecule has 0 unspecified atom stereocenters. The molecule has 1 aromatic carbocycles. The third-order valence-corrected chi connectivity index (χ3v) is 5.73. The van der Waals surface area contributed by atoms with Crippen molar-refractivity contribution in [2.24, 2.45) is 0 Å². The average molecular weight is 295 g/mol. The van der Waals surface area contributed by atoms with Crippen molar-refractivity contribution in [3.05, 3.63) is 46.3 Å². The van der Waals surface area contributed by atoms with Gasteiger partial charge >= 0.3 is 0 Å². The molecule has 0 atom stereocenters. The van der Waals surface area contributed by atoms with Gasteiger partial charge in [0.1, 0.15) is 0 Å². The highest BCUT2D eigenvalue weighted by Gasteiger charge is 2.07. The Morgan fingerprint density at radius 2 is 1.87 bits per heavy atom. The topological polar surface area (TPSA) is 0 Å². The van der Waals surface area contributed by atoms with Crippen molar-refractivity contribution in [2.45, 2.75) is 0 Å². The van der Waals surface area contributed by atoms with Crippen molar-refractivity contribution in [1.29, 1.82) is 0 Å². The molecule has 74 valence electrons. The lowest BCUT2D eigenvalue weighted by atomic mass is 10.2. The standard InChI is InChI=1S/C12H7BrS2/c13-9-7-14-11-6-10(15-12(9)11)8-4-2-1-3-5-8/h1-7H. The fraction of sp³-hybridized carbons (Fsp3) is 0. The van der Waals surface area contributed by atoms with E-state index in [4.69, 9.17) is 0 Å². The molecule has 2 heterocycles. The van der Waals surface area contributed by atoms with E-state index in [1.54, 1.807) is 11.3 Å². The van der Waals surface area contributed by atoms with Gasteiger partial charge in [0.2, 0.25) is 0 Å². The first-order valence-electron chi connectivity index (χ1n) is 4.56. The predicted octanol–water partition coefficient (Wildman–Crippen LogP) is 5.39. The van der Waals surface area contributed by atoms with E-state index in [-0.39, 0.29) is 0 Å². The molecule has 0 aliphatic carbocycles. The van der Waals surface area contributed by atoms with Gasteiger partial charge in [-0.2, -0.15) is 0 Å². The van der Waals surface area contributed by atoms with Crippen LogP contribution in [-0.2, 0) is 0 Å². The molecule has 0 N–H and O–H groups in total. The molecule has 3 aromatic rings. The molecular weight excluding hydrogens is 288 g/mol. The highest BCUT2D eigenvalue weighted by Crippen LogP contribution is 2.40. The Bertz CT molecular complexity index is 592. The molecule has 0 radical (unpaired) electrons. The molecule has 0 aliphatic rings. The summed E-state index contributed by atoms with van der Waals surface area (Å²) in [6, 6.07) is 12.8. The number of hydrogen-bond acceptors (Lipinski definition) is 2. The SMILES string of the molecule is Brc1csc2cc(-c3ccccc3)sc12. The van der Waals surface area contributed by atoms with Gasteiger partial charge in [-0.15, -0.1) is 22.7 Å². The Kier molecular flexibility index (Phi) is 2.39. The zero-order valence-electron chi connectivity index (χ0n) is 7.74. The Labute approximate surface area is 104 Å². The van der Waals surface area contributed by atoms with Crippen molar-refractivity contribution < 1.29 is 0 Å². The van der Waals surface area contributed by atoms with Gasteiger partial charge in [0.05, 0.1) is 4.70 Å². The molecule has 0 spiro atoms. The maximum absolute atomic E-state index is 3.57. The van der Waals surface area contributed by atoms with Crippen LogP contribution in [0.25, 0.3) is 19.8 Å². The molecule has 3 heteroatoms. The molecule has 3 rings (SSSR count). The number of benzene rings is 1. The summed E-state index contributed by atoms with van der Waals surface area (Å²) >= 11 is 7.21. The van der Waals surface area contributed by atoms with Crippen LogP contribution in [0.15, 0.2) is 46.3 Å². The molecule has 0 saturated carbocycles. The maximum atomic E-state index is 3.57. The van der Waals surface area contributed by atoms with Crippen LogP contribution in [0.3, 0.4) is 0 Å².